The molecular formula is C15H14ClN3O3. The van der Waals surface area contributed by atoms with E-state index >= 15 is 0 Å². The van der Waals surface area contributed by atoms with Crippen molar-refractivity contribution in [3.63, 3.8) is 0 Å². The maximum atomic E-state index is 11.8. The summed E-state index contributed by atoms with van der Waals surface area (Å²) in [6.07, 6.45) is 1.44. The molecule has 0 aliphatic carbocycles. The van der Waals surface area contributed by atoms with Gasteiger partial charge in [0.25, 0.3) is 11.8 Å². The van der Waals surface area contributed by atoms with E-state index in [9.17, 15) is 14.7 Å². The number of amides is 2. The van der Waals surface area contributed by atoms with Gasteiger partial charge in [-0.3, -0.25) is 9.59 Å². The van der Waals surface area contributed by atoms with Gasteiger partial charge < -0.3 is 15.7 Å². The van der Waals surface area contributed by atoms with Crippen molar-refractivity contribution in [2.75, 3.05) is 13.1 Å². The lowest BCUT2D eigenvalue weighted by Gasteiger charge is -2.08. The third-order valence-corrected chi connectivity index (χ3v) is 3.04. The number of para-hydroxylation sites is 1. The maximum Gasteiger partial charge on any atom is 0.255 e. The van der Waals surface area contributed by atoms with Gasteiger partial charge in [-0.05, 0) is 24.3 Å². The van der Waals surface area contributed by atoms with E-state index in [0.29, 0.717) is 5.56 Å². The topological polar surface area (TPSA) is 91.3 Å². The lowest BCUT2D eigenvalue weighted by molar-refractivity contribution is 0.0926. The predicted octanol–water partition coefficient (Wildman–Crippen LogP) is 1.60. The van der Waals surface area contributed by atoms with Crippen LogP contribution in [-0.2, 0) is 0 Å². The molecule has 7 heteroatoms. The molecule has 0 spiro atoms. The summed E-state index contributed by atoms with van der Waals surface area (Å²) in [5.74, 6) is -0.795. The average Bonchev–Trinajstić information content (AvgIpc) is 2.51. The van der Waals surface area contributed by atoms with E-state index in [1.165, 1.54) is 24.4 Å². The molecule has 0 aliphatic rings. The van der Waals surface area contributed by atoms with Crippen molar-refractivity contribution in [1.29, 1.82) is 0 Å². The van der Waals surface area contributed by atoms with Crippen LogP contribution in [0.3, 0.4) is 0 Å². The normalized spacial score (nSPS) is 10.0. The van der Waals surface area contributed by atoms with E-state index in [1.54, 1.807) is 18.2 Å². The highest BCUT2D eigenvalue weighted by atomic mass is 35.5. The highest BCUT2D eigenvalue weighted by Gasteiger charge is 2.10. The number of hydrogen-bond donors (Lipinski definition) is 3. The van der Waals surface area contributed by atoms with E-state index in [-0.39, 0.29) is 35.5 Å². The Hall–Kier alpha value is -2.60. The van der Waals surface area contributed by atoms with E-state index in [4.69, 9.17) is 11.6 Å². The lowest BCUT2D eigenvalue weighted by atomic mass is 10.2. The van der Waals surface area contributed by atoms with Gasteiger partial charge in [-0.1, -0.05) is 23.7 Å². The minimum Gasteiger partial charge on any atom is -0.507 e. The Kier molecular flexibility index (Phi) is 5.32. The van der Waals surface area contributed by atoms with Gasteiger partial charge in [0.15, 0.2) is 0 Å². The number of benzene rings is 1. The highest BCUT2D eigenvalue weighted by molar-refractivity contribution is 6.29. The Balaban J connectivity index is 1.79. The summed E-state index contributed by atoms with van der Waals surface area (Å²) in [4.78, 5) is 27.4. The molecule has 1 aromatic carbocycles. The SMILES string of the molecule is O=C(NCCNC(=O)c1ccccc1O)c1ccnc(Cl)c1. The maximum absolute atomic E-state index is 11.8. The number of nitrogens with zero attached hydrogens (tertiary/aromatic N) is 1. The molecule has 0 fully saturated rings. The minimum absolute atomic E-state index is 0.0875. The summed E-state index contributed by atoms with van der Waals surface area (Å²) >= 11 is 5.70. The standard InChI is InChI=1S/C15H14ClN3O3/c16-13-9-10(5-6-17-13)14(21)18-7-8-19-15(22)11-3-1-2-4-12(11)20/h1-6,9,20H,7-8H2,(H,18,21)(H,19,22). The number of rotatable bonds is 5. The van der Waals surface area contributed by atoms with Crippen LogP contribution in [0.15, 0.2) is 42.6 Å². The van der Waals surface area contributed by atoms with Crippen LogP contribution in [0.5, 0.6) is 5.75 Å². The van der Waals surface area contributed by atoms with Crippen LogP contribution in [0.4, 0.5) is 0 Å². The molecule has 0 radical (unpaired) electrons. The molecule has 0 bridgehead atoms. The molecule has 2 aromatic rings. The van der Waals surface area contributed by atoms with Crippen molar-refractivity contribution in [3.05, 3.63) is 58.9 Å². The van der Waals surface area contributed by atoms with Crippen LogP contribution < -0.4 is 10.6 Å². The van der Waals surface area contributed by atoms with E-state index in [0.717, 1.165) is 0 Å². The number of nitrogens with one attached hydrogen (secondary N) is 2. The molecule has 1 heterocycles. The predicted molar refractivity (Wildman–Crippen MR) is 82.0 cm³/mol. The molecule has 6 nitrogen and oxygen atoms in total. The van der Waals surface area contributed by atoms with Crippen molar-refractivity contribution in [2.45, 2.75) is 0 Å². The molecule has 0 atom stereocenters. The van der Waals surface area contributed by atoms with E-state index < -0.39 is 5.91 Å². The molecule has 114 valence electrons. The Morgan fingerprint density at radius 3 is 2.45 bits per heavy atom. The monoisotopic (exact) mass is 319 g/mol. The number of halogens is 1. The van der Waals surface area contributed by atoms with Gasteiger partial charge in [0, 0.05) is 24.8 Å². The van der Waals surface area contributed by atoms with Crippen molar-refractivity contribution in [2.24, 2.45) is 0 Å². The Morgan fingerprint density at radius 1 is 1.09 bits per heavy atom. The summed E-state index contributed by atoms with van der Waals surface area (Å²) in [5.41, 5.74) is 0.585. The van der Waals surface area contributed by atoms with Gasteiger partial charge in [0.1, 0.15) is 10.9 Å². The number of hydrogen-bond acceptors (Lipinski definition) is 4. The Labute approximate surface area is 132 Å². The summed E-state index contributed by atoms with van der Waals surface area (Å²) in [6.45, 7) is 0.482. The first kappa shape index (κ1) is 15.8. The first-order chi connectivity index (χ1) is 10.6. The zero-order valence-electron chi connectivity index (χ0n) is 11.5. The molecule has 1 aromatic heterocycles. The molecule has 3 N–H and O–H groups in total. The van der Waals surface area contributed by atoms with Gasteiger partial charge in [0.05, 0.1) is 5.56 Å². The molecule has 0 saturated carbocycles. The van der Waals surface area contributed by atoms with Crippen LogP contribution in [0.2, 0.25) is 5.15 Å². The molecule has 0 unspecified atom stereocenters. The van der Waals surface area contributed by atoms with Crippen molar-refractivity contribution in [3.8, 4) is 5.75 Å². The number of phenols is 1. The van der Waals surface area contributed by atoms with Gasteiger partial charge >= 0.3 is 0 Å². The number of phenolic OH excluding ortho intramolecular Hbond substituents is 1. The summed E-state index contributed by atoms with van der Waals surface area (Å²) < 4.78 is 0. The molecule has 0 saturated heterocycles. The highest BCUT2D eigenvalue weighted by Crippen LogP contribution is 2.14. The molecule has 0 aliphatic heterocycles. The summed E-state index contributed by atoms with van der Waals surface area (Å²) in [7, 11) is 0. The number of carbonyl (C=O) groups is 2. The fourth-order valence-electron chi connectivity index (χ4n) is 1.76. The third kappa shape index (κ3) is 4.20. The quantitative estimate of drug-likeness (QED) is 0.576. The van der Waals surface area contributed by atoms with Crippen LogP contribution in [0.1, 0.15) is 20.7 Å². The van der Waals surface area contributed by atoms with Crippen molar-refractivity contribution < 1.29 is 14.7 Å². The minimum atomic E-state index is -0.403. The zero-order chi connectivity index (χ0) is 15.9. The average molecular weight is 320 g/mol. The second kappa shape index (κ2) is 7.42. The van der Waals surface area contributed by atoms with Crippen molar-refractivity contribution >= 4 is 23.4 Å². The van der Waals surface area contributed by atoms with Crippen LogP contribution in [0, 0.1) is 0 Å². The van der Waals surface area contributed by atoms with Crippen LogP contribution in [-0.4, -0.2) is 35.0 Å². The van der Waals surface area contributed by atoms with Gasteiger partial charge in [0.2, 0.25) is 0 Å². The number of carbonyl (C=O) groups excluding carboxylic acids is 2. The number of pyridine rings is 1. The second-order valence-corrected chi connectivity index (χ2v) is 4.78. The smallest absolute Gasteiger partial charge is 0.255 e. The van der Waals surface area contributed by atoms with Gasteiger partial charge in [-0.2, -0.15) is 0 Å². The van der Waals surface area contributed by atoms with Crippen molar-refractivity contribution in [1.82, 2.24) is 15.6 Å². The number of aromatic hydroxyl groups is 1. The third-order valence-electron chi connectivity index (χ3n) is 2.83. The Morgan fingerprint density at radius 2 is 1.77 bits per heavy atom. The fraction of sp³-hybridized carbons (Fsp3) is 0.133. The lowest BCUT2D eigenvalue weighted by Crippen LogP contribution is -2.34. The van der Waals surface area contributed by atoms with Gasteiger partial charge in [-0.25, -0.2) is 4.98 Å². The summed E-state index contributed by atoms with van der Waals surface area (Å²) in [6, 6.07) is 9.24. The zero-order valence-corrected chi connectivity index (χ0v) is 12.3. The Bertz CT molecular complexity index is 691. The number of aromatic nitrogens is 1. The molecule has 22 heavy (non-hydrogen) atoms. The molecular weight excluding hydrogens is 306 g/mol. The second-order valence-electron chi connectivity index (χ2n) is 4.40. The summed E-state index contributed by atoms with van der Waals surface area (Å²) in [5, 5.41) is 15.0. The molecule has 2 rings (SSSR count). The van der Waals surface area contributed by atoms with E-state index in [1.807, 2.05) is 0 Å². The molecule has 2 amide bonds. The largest absolute Gasteiger partial charge is 0.507 e. The first-order valence-corrected chi connectivity index (χ1v) is 6.91. The van der Waals surface area contributed by atoms with E-state index in [2.05, 4.69) is 15.6 Å². The first-order valence-electron chi connectivity index (χ1n) is 6.54. The fourth-order valence-corrected chi connectivity index (χ4v) is 1.93. The van der Waals surface area contributed by atoms with Crippen LogP contribution >= 0.6 is 11.6 Å². The van der Waals surface area contributed by atoms with Crippen LogP contribution in [0.25, 0.3) is 0 Å². The van der Waals surface area contributed by atoms with Gasteiger partial charge in [-0.15, -0.1) is 0 Å².